The minimum atomic E-state index is -4.69. The lowest BCUT2D eigenvalue weighted by Gasteiger charge is -2.52. The van der Waals surface area contributed by atoms with Crippen molar-refractivity contribution in [3.63, 3.8) is 0 Å². The number of benzene rings is 3. The lowest BCUT2D eigenvalue weighted by Crippen LogP contribution is -2.72. The largest absolute Gasteiger partial charge is 0.457 e. The van der Waals surface area contributed by atoms with Crippen LogP contribution in [0.3, 0.4) is 0 Å². The van der Waals surface area contributed by atoms with Crippen LogP contribution in [0.15, 0.2) is 78.9 Å². The van der Waals surface area contributed by atoms with E-state index in [0.717, 1.165) is 12.1 Å². The van der Waals surface area contributed by atoms with Gasteiger partial charge >= 0.3 is 17.8 Å². The third kappa shape index (κ3) is 3.88. The predicted octanol–water partition coefficient (Wildman–Crippen LogP) is 6.96. The summed E-state index contributed by atoms with van der Waals surface area (Å²) in [6, 6.07) is 19.7. The molecule has 34 heavy (non-hydrogen) atoms. The van der Waals surface area contributed by atoms with Crippen LogP contribution in [0, 0.1) is 12.3 Å². The minimum absolute atomic E-state index is 0.193. The summed E-state index contributed by atoms with van der Waals surface area (Å²) in [6.07, 6.45) is 2.67. The number of halogens is 5. The van der Waals surface area contributed by atoms with Gasteiger partial charge in [0.15, 0.2) is 11.5 Å². The van der Waals surface area contributed by atoms with Crippen LogP contribution < -0.4 is 4.74 Å². The van der Waals surface area contributed by atoms with Gasteiger partial charge in [-0.25, -0.2) is 0 Å². The molecule has 2 unspecified atom stereocenters. The molecule has 1 aliphatic rings. The SMILES string of the molecule is C#CC(OC(=O)C1(c2ccc(Cl)cc2)CC(F)(F)C1(F)F)c1cccc(Oc2ccccc2)c1. The number of rotatable bonds is 6. The second-order valence-electron chi connectivity index (χ2n) is 7.81. The van der Waals surface area contributed by atoms with Crippen LogP contribution in [-0.2, 0) is 14.9 Å². The van der Waals surface area contributed by atoms with Gasteiger partial charge in [0.25, 0.3) is 0 Å². The van der Waals surface area contributed by atoms with Gasteiger partial charge in [0.05, 0.1) is 0 Å². The molecule has 0 heterocycles. The molecule has 0 aromatic heterocycles. The molecule has 3 aromatic rings. The summed E-state index contributed by atoms with van der Waals surface area (Å²) in [5.74, 6) is -7.53. The molecule has 0 radical (unpaired) electrons. The Hall–Kier alpha value is -3.50. The van der Waals surface area contributed by atoms with Crippen molar-refractivity contribution in [1.82, 2.24) is 0 Å². The molecule has 0 spiro atoms. The molecule has 1 aliphatic carbocycles. The van der Waals surface area contributed by atoms with Crippen LogP contribution in [0.25, 0.3) is 0 Å². The Labute approximate surface area is 198 Å². The third-order valence-corrected chi connectivity index (χ3v) is 5.94. The van der Waals surface area contributed by atoms with Gasteiger partial charge < -0.3 is 9.47 Å². The predicted molar refractivity (Wildman–Crippen MR) is 118 cm³/mol. The van der Waals surface area contributed by atoms with Gasteiger partial charge in [-0.05, 0) is 42.0 Å². The Morgan fingerprint density at radius 2 is 1.59 bits per heavy atom. The molecular formula is C26H17ClF4O3. The fourth-order valence-corrected chi connectivity index (χ4v) is 3.99. The highest BCUT2D eigenvalue weighted by molar-refractivity contribution is 6.30. The van der Waals surface area contributed by atoms with Crippen LogP contribution in [-0.4, -0.2) is 17.8 Å². The molecule has 0 saturated heterocycles. The van der Waals surface area contributed by atoms with E-state index in [1.807, 2.05) is 6.07 Å². The van der Waals surface area contributed by atoms with Gasteiger partial charge in [-0.2, -0.15) is 17.6 Å². The average molecular weight is 489 g/mol. The maximum atomic E-state index is 14.8. The number of alkyl halides is 4. The molecule has 1 saturated carbocycles. The minimum Gasteiger partial charge on any atom is -0.457 e. The molecule has 3 aromatic carbocycles. The number of para-hydroxylation sites is 1. The van der Waals surface area contributed by atoms with Crippen molar-refractivity contribution in [3.8, 4) is 23.8 Å². The molecule has 0 bridgehead atoms. The Morgan fingerprint density at radius 1 is 0.941 bits per heavy atom. The highest BCUT2D eigenvalue weighted by Crippen LogP contribution is 2.64. The molecule has 1 fully saturated rings. The lowest BCUT2D eigenvalue weighted by molar-refractivity contribution is -0.324. The molecule has 4 rings (SSSR count). The zero-order valence-electron chi connectivity index (χ0n) is 17.5. The van der Waals surface area contributed by atoms with E-state index in [0.29, 0.717) is 11.5 Å². The summed E-state index contributed by atoms with van der Waals surface area (Å²) in [5, 5.41) is 0.193. The molecule has 8 heteroatoms. The summed E-state index contributed by atoms with van der Waals surface area (Å²) >= 11 is 5.80. The van der Waals surface area contributed by atoms with Crippen molar-refractivity contribution >= 4 is 17.6 Å². The Bertz CT molecular complexity index is 1240. The monoisotopic (exact) mass is 488 g/mol. The molecule has 0 aliphatic heterocycles. The van der Waals surface area contributed by atoms with E-state index in [4.69, 9.17) is 27.5 Å². The summed E-state index contributed by atoms with van der Waals surface area (Å²) in [6.45, 7) is 0. The summed E-state index contributed by atoms with van der Waals surface area (Å²) < 4.78 is 68.3. The van der Waals surface area contributed by atoms with E-state index in [1.165, 1.54) is 24.3 Å². The molecule has 0 N–H and O–H groups in total. The van der Waals surface area contributed by atoms with Gasteiger partial charge in [-0.15, -0.1) is 6.42 Å². The number of carbonyl (C=O) groups is 1. The van der Waals surface area contributed by atoms with Crippen molar-refractivity contribution < 1.29 is 31.8 Å². The van der Waals surface area contributed by atoms with Crippen molar-refractivity contribution in [1.29, 1.82) is 0 Å². The van der Waals surface area contributed by atoms with Crippen molar-refractivity contribution in [2.75, 3.05) is 0 Å². The van der Waals surface area contributed by atoms with Gasteiger partial charge in [0, 0.05) is 17.0 Å². The van der Waals surface area contributed by atoms with Gasteiger partial charge in [0.1, 0.15) is 11.5 Å². The Kier molecular flexibility index (Phi) is 6.05. The first-order valence-corrected chi connectivity index (χ1v) is 10.5. The van der Waals surface area contributed by atoms with Crippen LogP contribution in [0.4, 0.5) is 17.6 Å². The lowest BCUT2D eigenvalue weighted by atomic mass is 9.58. The zero-order chi connectivity index (χ0) is 24.6. The van der Waals surface area contributed by atoms with E-state index < -0.39 is 35.8 Å². The first kappa shape index (κ1) is 23.7. The highest BCUT2D eigenvalue weighted by atomic mass is 35.5. The number of hydrogen-bond donors (Lipinski definition) is 0. The second-order valence-corrected chi connectivity index (χ2v) is 8.24. The first-order chi connectivity index (χ1) is 16.1. The number of hydrogen-bond acceptors (Lipinski definition) is 3. The molecule has 0 amide bonds. The highest BCUT2D eigenvalue weighted by Gasteiger charge is 2.84. The normalized spacial score (nSPS) is 20.9. The second kappa shape index (κ2) is 8.69. The van der Waals surface area contributed by atoms with Gasteiger partial charge in [0.2, 0.25) is 0 Å². The summed E-state index contributed by atoms with van der Waals surface area (Å²) in [5.41, 5.74) is -2.99. The topological polar surface area (TPSA) is 35.5 Å². The summed E-state index contributed by atoms with van der Waals surface area (Å²) in [4.78, 5) is 13.1. The fourth-order valence-electron chi connectivity index (χ4n) is 3.87. The van der Waals surface area contributed by atoms with E-state index in [-0.39, 0.29) is 16.1 Å². The van der Waals surface area contributed by atoms with Gasteiger partial charge in [-0.3, -0.25) is 4.79 Å². The first-order valence-electron chi connectivity index (χ1n) is 10.1. The molecule has 3 nitrogen and oxygen atoms in total. The van der Waals surface area contributed by atoms with Crippen molar-refractivity contribution in [2.45, 2.75) is 29.8 Å². The fraction of sp³-hybridized carbons (Fsp3) is 0.192. The zero-order valence-corrected chi connectivity index (χ0v) is 18.2. The van der Waals surface area contributed by atoms with Crippen molar-refractivity contribution in [2.24, 2.45) is 0 Å². The van der Waals surface area contributed by atoms with Crippen molar-refractivity contribution in [3.05, 3.63) is 95.0 Å². The molecule has 2 atom stereocenters. The smallest absolute Gasteiger partial charge is 0.330 e. The Balaban J connectivity index is 1.63. The third-order valence-electron chi connectivity index (χ3n) is 5.68. The van der Waals surface area contributed by atoms with Crippen LogP contribution in [0.5, 0.6) is 11.5 Å². The quantitative estimate of drug-likeness (QED) is 0.214. The van der Waals surface area contributed by atoms with E-state index in [9.17, 15) is 22.4 Å². The maximum absolute atomic E-state index is 14.8. The van der Waals surface area contributed by atoms with E-state index >= 15 is 0 Å². The van der Waals surface area contributed by atoms with E-state index in [1.54, 1.807) is 36.4 Å². The maximum Gasteiger partial charge on any atom is 0.330 e. The standard InChI is InChI=1S/C26H17ClF4O3/c1-2-22(17-7-6-10-21(15-17)33-20-8-4-3-5-9-20)34-23(32)24(16-25(28,29)26(24,30)31)18-11-13-19(27)14-12-18/h1,3-15,22H,16H2. The summed E-state index contributed by atoms with van der Waals surface area (Å²) in [7, 11) is 0. The van der Waals surface area contributed by atoms with Crippen LogP contribution in [0.1, 0.15) is 23.7 Å². The number of carbonyl (C=O) groups excluding carboxylic acids is 1. The Morgan fingerprint density at radius 3 is 2.18 bits per heavy atom. The number of ether oxygens (including phenoxy) is 2. The van der Waals surface area contributed by atoms with Gasteiger partial charge in [-0.1, -0.05) is 60.0 Å². The number of terminal acetylenes is 1. The van der Waals surface area contributed by atoms with Crippen LogP contribution >= 0.6 is 11.6 Å². The molecule has 174 valence electrons. The van der Waals surface area contributed by atoms with Crippen LogP contribution in [0.2, 0.25) is 5.02 Å². The molecular weight excluding hydrogens is 472 g/mol. The average Bonchev–Trinajstić information content (AvgIpc) is 2.82. The number of esters is 1. The van der Waals surface area contributed by atoms with E-state index in [2.05, 4.69) is 5.92 Å².